The molecule has 0 spiro atoms. The van der Waals surface area contributed by atoms with Gasteiger partial charge >= 0.3 is 0 Å². The molecule has 0 atom stereocenters. The van der Waals surface area contributed by atoms with Gasteiger partial charge in [0.25, 0.3) is 0 Å². The van der Waals surface area contributed by atoms with Crippen molar-refractivity contribution in [2.75, 3.05) is 18.4 Å². The summed E-state index contributed by atoms with van der Waals surface area (Å²) in [5, 5.41) is 5.64. The van der Waals surface area contributed by atoms with Gasteiger partial charge in [0.1, 0.15) is 0 Å². The van der Waals surface area contributed by atoms with Gasteiger partial charge in [0, 0.05) is 28.0 Å². The van der Waals surface area contributed by atoms with Crippen molar-refractivity contribution in [3.05, 3.63) is 100 Å². The van der Waals surface area contributed by atoms with Gasteiger partial charge in [-0.2, -0.15) is 0 Å². The number of nitrogens with one attached hydrogen (secondary N) is 1. The third kappa shape index (κ3) is 4.44. The van der Waals surface area contributed by atoms with Crippen LogP contribution in [0.4, 0.5) is 11.4 Å². The Morgan fingerprint density at radius 3 is 2.30 bits per heavy atom. The summed E-state index contributed by atoms with van der Waals surface area (Å²) in [5.74, 6) is 0. The average Bonchev–Trinajstić information content (AvgIpc) is 2.83. The molecule has 0 aromatic heterocycles. The van der Waals surface area contributed by atoms with Gasteiger partial charge in [-0.25, -0.2) is 4.98 Å². The van der Waals surface area contributed by atoms with E-state index in [4.69, 9.17) is 38.9 Å². The maximum atomic E-state index is 6.16. The van der Waals surface area contributed by atoms with Crippen LogP contribution in [0.2, 0.25) is 10.0 Å². The number of rotatable bonds is 5. The van der Waals surface area contributed by atoms with Crippen molar-refractivity contribution >= 4 is 45.6 Å². The van der Waals surface area contributed by atoms with Gasteiger partial charge in [-0.3, -0.25) is 4.99 Å². The van der Waals surface area contributed by atoms with Crippen LogP contribution in [0, 0.1) is 0 Å². The van der Waals surface area contributed by atoms with Crippen LogP contribution in [0.25, 0.3) is 28.1 Å². The number of benzene rings is 4. The Morgan fingerprint density at radius 2 is 1.58 bits per heavy atom. The van der Waals surface area contributed by atoms with Crippen LogP contribution in [-0.4, -0.2) is 22.6 Å². The second kappa shape index (κ2) is 9.24. The van der Waals surface area contributed by atoms with Crippen molar-refractivity contribution < 1.29 is 0 Å². The lowest BCUT2D eigenvalue weighted by molar-refractivity contribution is 0.941. The zero-order valence-corrected chi connectivity index (χ0v) is 19.2. The van der Waals surface area contributed by atoms with E-state index in [1.807, 2.05) is 72.8 Å². The molecule has 1 heterocycles. The van der Waals surface area contributed by atoms with Gasteiger partial charge in [0.2, 0.25) is 0 Å². The quantitative estimate of drug-likeness (QED) is 0.305. The Labute approximate surface area is 201 Å². The highest BCUT2D eigenvalue weighted by Gasteiger charge is 2.16. The van der Waals surface area contributed by atoms with E-state index in [0.29, 0.717) is 23.1 Å². The molecule has 0 bridgehead atoms. The maximum absolute atomic E-state index is 6.16. The second-order valence-electron chi connectivity index (χ2n) is 7.57. The first-order valence-electron chi connectivity index (χ1n) is 10.6. The Hall–Kier alpha value is -3.38. The Bertz CT molecular complexity index is 1460. The number of hydrogen-bond acceptors (Lipinski definition) is 4. The Kier molecular flexibility index (Phi) is 6.01. The minimum atomic E-state index is 0.464. The van der Waals surface area contributed by atoms with Crippen LogP contribution in [0.5, 0.6) is 0 Å². The molecule has 5 rings (SSSR count). The van der Waals surface area contributed by atoms with Crippen molar-refractivity contribution in [1.29, 1.82) is 0 Å². The number of aromatic nitrogens is 2. The molecular formula is C26H21Cl2N5. The van der Waals surface area contributed by atoms with Crippen molar-refractivity contribution in [1.82, 2.24) is 9.55 Å². The van der Waals surface area contributed by atoms with Crippen molar-refractivity contribution in [3.63, 3.8) is 0 Å². The molecule has 0 fully saturated rings. The molecule has 3 aromatic carbocycles. The molecule has 33 heavy (non-hydrogen) atoms. The first kappa shape index (κ1) is 21.5. The second-order valence-corrected chi connectivity index (χ2v) is 8.45. The van der Waals surface area contributed by atoms with Gasteiger partial charge in [0.15, 0.2) is 0 Å². The normalized spacial score (nSPS) is 11.9. The van der Waals surface area contributed by atoms with Crippen molar-refractivity contribution in [2.24, 2.45) is 10.7 Å². The van der Waals surface area contributed by atoms with Gasteiger partial charge in [-0.05, 0) is 72.8 Å². The monoisotopic (exact) mass is 473 g/mol. The third-order valence-electron chi connectivity index (χ3n) is 5.32. The fourth-order valence-corrected chi connectivity index (χ4v) is 4.07. The number of nitrogens with two attached hydrogens (primary N) is 1. The summed E-state index contributed by atoms with van der Waals surface area (Å²) in [5.41, 5.74) is 12.2. The number of para-hydroxylation sites is 2. The third-order valence-corrected chi connectivity index (χ3v) is 5.82. The molecule has 3 N–H and O–H groups in total. The molecule has 0 radical (unpaired) electrons. The summed E-state index contributed by atoms with van der Waals surface area (Å²) in [6, 6.07) is 27.5. The number of halogens is 2. The summed E-state index contributed by atoms with van der Waals surface area (Å²) in [6.07, 6.45) is 0. The van der Waals surface area contributed by atoms with Crippen LogP contribution in [-0.2, 0) is 0 Å². The van der Waals surface area contributed by atoms with E-state index in [9.17, 15) is 0 Å². The summed E-state index contributed by atoms with van der Waals surface area (Å²) in [4.78, 5) is 9.69. The Morgan fingerprint density at radius 1 is 0.879 bits per heavy atom. The molecule has 2 aliphatic rings. The zero-order chi connectivity index (χ0) is 22.8. The van der Waals surface area contributed by atoms with E-state index in [1.54, 1.807) is 0 Å². The van der Waals surface area contributed by atoms with Crippen LogP contribution in [0.15, 0.2) is 89.9 Å². The van der Waals surface area contributed by atoms with Crippen molar-refractivity contribution in [2.45, 2.75) is 0 Å². The first-order chi connectivity index (χ1) is 16.1. The lowest BCUT2D eigenvalue weighted by atomic mass is 10.1. The highest BCUT2D eigenvalue weighted by Crippen LogP contribution is 2.31. The fourth-order valence-electron chi connectivity index (χ4n) is 3.81. The van der Waals surface area contributed by atoms with Crippen molar-refractivity contribution in [3.8, 4) is 17.1 Å². The van der Waals surface area contributed by atoms with Gasteiger partial charge in [0.05, 0.1) is 40.0 Å². The molecular weight excluding hydrogens is 453 g/mol. The summed E-state index contributed by atoms with van der Waals surface area (Å²) in [7, 11) is 0. The van der Waals surface area contributed by atoms with E-state index < -0.39 is 0 Å². The molecule has 0 saturated carbocycles. The van der Waals surface area contributed by atoms with E-state index in [2.05, 4.69) is 22.0 Å². The van der Waals surface area contributed by atoms with E-state index >= 15 is 0 Å². The highest BCUT2D eigenvalue weighted by atomic mass is 35.5. The molecule has 0 saturated heterocycles. The Balaban J connectivity index is 1.78. The summed E-state index contributed by atoms with van der Waals surface area (Å²) in [6.45, 7) is 0.980. The summed E-state index contributed by atoms with van der Waals surface area (Å²) >= 11 is 12.2. The SMILES string of the molecule is NCC/N=c1/cc2n(-c3ccc(Cl)cc3)c3ccccc3nc-2cc1Nc1ccc(Cl)cc1. The van der Waals surface area contributed by atoms with E-state index in [1.165, 1.54) is 0 Å². The number of nitrogens with zero attached hydrogens (tertiary/aromatic N) is 3. The minimum absolute atomic E-state index is 0.464. The largest absolute Gasteiger partial charge is 0.354 e. The maximum Gasteiger partial charge on any atom is 0.0900 e. The fraction of sp³-hybridized carbons (Fsp3) is 0.0769. The van der Waals surface area contributed by atoms with E-state index in [-0.39, 0.29) is 0 Å². The van der Waals surface area contributed by atoms with Gasteiger partial charge in [-0.1, -0.05) is 35.3 Å². The molecule has 5 nitrogen and oxygen atoms in total. The smallest absolute Gasteiger partial charge is 0.0900 e. The predicted octanol–water partition coefficient (Wildman–Crippen LogP) is 6.04. The molecule has 3 aromatic rings. The molecule has 1 aliphatic carbocycles. The van der Waals surface area contributed by atoms with Crippen LogP contribution in [0.1, 0.15) is 0 Å². The molecule has 164 valence electrons. The minimum Gasteiger partial charge on any atom is -0.354 e. The number of anilines is 2. The standard InChI is InChI=1S/C26H21Cl2N5/c27-17-5-9-19(10-6-17)31-23-15-24-26(16-22(23)30-14-13-29)33(20-11-7-18(28)8-12-20)25-4-2-1-3-21(25)32-24/h1-12,15-16,31H,13-14,29H2/b30-22-. The molecule has 0 unspecified atom stereocenters. The topological polar surface area (TPSA) is 68.2 Å². The van der Waals surface area contributed by atoms with E-state index in [0.717, 1.165) is 44.8 Å². The summed E-state index contributed by atoms with van der Waals surface area (Å²) < 4.78 is 2.18. The van der Waals surface area contributed by atoms with Gasteiger partial charge in [-0.15, -0.1) is 0 Å². The molecule has 7 heteroatoms. The van der Waals surface area contributed by atoms with Crippen LogP contribution < -0.4 is 16.4 Å². The van der Waals surface area contributed by atoms with Gasteiger partial charge < -0.3 is 15.6 Å². The first-order valence-corrected chi connectivity index (χ1v) is 11.3. The highest BCUT2D eigenvalue weighted by molar-refractivity contribution is 6.30. The van der Waals surface area contributed by atoms with Crippen LogP contribution >= 0.6 is 23.2 Å². The zero-order valence-electron chi connectivity index (χ0n) is 17.7. The van der Waals surface area contributed by atoms with Crippen LogP contribution in [0.3, 0.4) is 0 Å². The number of fused-ring (bicyclic) bond motifs is 2. The lowest BCUT2D eigenvalue weighted by Gasteiger charge is -2.20. The molecule has 1 aliphatic heterocycles. The average molecular weight is 474 g/mol. The number of hydrogen-bond donors (Lipinski definition) is 2. The molecule has 0 amide bonds. The lowest BCUT2D eigenvalue weighted by Crippen LogP contribution is -2.16. The predicted molar refractivity (Wildman–Crippen MR) is 137 cm³/mol.